The van der Waals surface area contributed by atoms with Crippen molar-refractivity contribution in [3.05, 3.63) is 11.1 Å². The highest BCUT2D eigenvalue weighted by Crippen LogP contribution is 2.42. The number of rotatable bonds is 4. The molecule has 16 heavy (non-hydrogen) atoms. The number of aliphatic hydroxyl groups excluding tert-OH is 2. The van der Waals surface area contributed by atoms with Crippen LogP contribution >= 0.6 is 0 Å². The zero-order valence-corrected chi connectivity index (χ0v) is 10.4. The van der Waals surface area contributed by atoms with Gasteiger partial charge in [-0.1, -0.05) is 18.1 Å². The zero-order valence-electron chi connectivity index (χ0n) is 10.4. The van der Waals surface area contributed by atoms with Crippen LogP contribution in [0.3, 0.4) is 0 Å². The molecule has 92 valence electrons. The Bertz CT molecular complexity index is 306. The second-order valence-corrected chi connectivity index (χ2v) is 5.24. The topological polar surface area (TPSA) is 57.5 Å². The van der Waals surface area contributed by atoms with E-state index in [4.69, 9.17) is 0 Å². The molecule has 0 bridgehead atoms. The quantitative estimate of drug-likeness (QED) is 0.719. The van der Waals surface area contributed by atoms with Crippen molar-refractivity contribution in [2.75, 3.05) is 6.61 Å². The van der Waals surface area contributed by atoms with Gasteiger partial charge in [-0.15, -0.1) is 0 Å². The molecule has 0 saturated carbocycles. The first kappa shape index (κ1) is 13.4. The third kappa shape index (κ3) is 2.92. The van der Waals surface area contributed by atoms with Crippen LogP contribution in [0, 0.1) is 5.41 Å². The second-order valence-electron chi connectivity index (χ2n) is 5.24. The molecule has 0 amide bonds. The predicted molar refractivity (Wildman–Crippen MR) is 63.0 cm³/mol. The minimum atomic E-state index is -0.363. The van der Waals surface area contributed by atoms with E-state index in [-0.39, 0.29) is 23.9 Å². The fourth-order valence-corrected chi connectivity index (χ4v) is 2.68. The number of hydrogen-bond acceptors (Lipinski definition) is 3. The molecule has 2 unspecified atom stereocenters. The van der Waals surface area contributed by atoms with Gasteiger partial charge in [0.25, 0.3) is 0 Å². The molecule has 1 aliphatic rings. The largest absolute Gasteiger partial charge is 0.395 e. The van der Waals surface area contributed by atoms with E-state index >= 15 is 0 Å². The molecule has 0 fully saturated rings. The van der Waals surface area contributed by atoms with Gasteiger partial charge in [-0.25, -0.2) is 0 Å². The number of carbonyl (C=O) groups excluding carboxylic acids is 1. The predicted octanol–water partition coefficient (Wildman–Crippen LogP) is 1.83. The zero-order chi connectivity index (χ0) is 12.3. The Morgan fingerprint density at radius 1 is 1.56 bits per heavy atom. The third-order valence-electron chi connectivity index (χ3n) is 3.55. The maximum absolute atomic E-state index is 11.0. The molecule has 0 aromatic carbocycles. The van der Waals surface area contributed by atoms with E-state index < -0.39 is 0 Å². The van der Waals surface area contributed by atoms with Crippen molar-refractivity contribution in [1.29, 1.82) is 0 Å². The number of ketones is 1. The maximum Gasteiger partial charge on any atom is 0.130 e. The number of hydrogen-bond donors (Lipinski definition) is 2. The maximum atomic E-state index is 11.0. The number of carbonyl (C=O) groups is 1. The van der Waals surface area contributed by atoms with Crippen LogP contribution in [0.4, 0.5) is 0 Å². The van der Waals surface area contributed by atoms with Crippen LogP contribution in [0.5, 0.6) is 0 Å². The minimum Gasteiger partial charge on any atom is -0.395 e. The summed E-state index contributed by atoms with van der Waals surface area (Å²) in [7, 11) is 0. The Kier molecular flexibility index (Phi) is 4.28. The lowest BCUT2D eigenvalue weighted by molar-refractivity contribution is -0.117. The van der Waals surface area contributed by atoms with Gasteiger partial charge < -0.3 is 15.0 Å². The van der Waals surface area contributed by atoms with Gasteiger partial charge in [0, 0.05) is 11.8 Å². The summed E-state index contributed by atoms with van der Waals surface area (Å²) >= 11 is 0. The molecule has 2 atom stereocenters. The first-order chi connectivity index (χ1) is 7.39. The highest BCUT2D eigenvalue weighted by Gasteiger charge is 2.35. The first-order valence-corrected chi connectivity index (χ1v) is 5.86. The van der Waals surface area contributed by atoms with Gasteiger partial charge in [0.15, 0.2) is 0 Å². The summed E-state index contributed by atoms with van der Waals surface area (Å²) in [5, 5.41) is 19.2. The average Bonchev–Trinajstić information content (AvgIpc) is 2.15. The van der Waals surface area contributed by atoms with Crippen LogP contribution in [0.25, 0.3) is 0 Å². The molecule has 0 radical (unpaired) electrons. The molecule has 2 N–H and O–H groups in total. The Morgan fingerprint density at radius 2 is 2.19 bits per heavy atom. The normalized spacial score (nSPS) is 30.7. The van der Waals surface area contributed by atoms with Crippen LogP contribution < -0.4 is 0 Å². The molecule has 0 saturated heterocycles. The summed E-state index contributed by atoms with van der Waals surface area (Å²) in [6.07, 6.45) is 2.14. The van der Waals surface area contributed by atoms with Crippen molar-refractivity contribution in [1.82, 2.24) is 0 Å². The van der Waals surface area contributed by atoms with E-state index in [0.717, 1.165) is 11.1 Å². The lowest BCUT2D eigenvalue weighted by Crippen LogP contribution is -2.34. The molecule has 0 spiro atoms. The fourth-order valence-electron chi connectivity index (χ4n) is 2.68. The Hall–Kier alpha value is -0.670. The van der Waals surface area contributed by atoms with E-state index in [1.807, 2.05) is 13.8 Å². The highest BCUT2D eigenvalue weighted by molar-refractivity contribution is 5.75. The first-order valence-electron chi connectivity index (χ1n) is 5.86. The summed E-state index contributed by atoms with van der Waals surface area (Å²) in [5.74, 6) is 0.173. The average molecular weight is 226 g/mol. The molecule has 0 aromatic heterocycles. The van der Waals surface area contributed by atoms with Crippen molar-refractivity contribution < 1.29 is 15.0 Å². The van der Waals surface area contributed by atoms with E-state index in [1.54, 1.807) is 6.92 Å². The van der Waals surface area contributed by atoms with Gasteiger partial charge in [-0.3, -0.25) is 0 Å². The molecular formula is C13H22O3. The van der Waals surface area contributed by atoms with Crippen molar-refractivity contribution in [2.45, 2.75) is 52.6 Å². The Labute approximate surface area is 97.2 Å². The minimum absolute atomic E-state index is 0.0363. The lowest BCUT2D eigenvalue weighted by atomic mass is 9.69. The summed E-state index contributed by atoms with van der Waals surface area (Å²) in [4.78, 5) is 11.0. The summed E-state index contributed by atoms with van der Waals surface area (Å²) in [6, 6.07) is 0. The van der Waals surface area contributed by atoms with Gasteiger partial charge in [0.1, 0.15) is 5.78 Å². The Morgan fingerprint density at radius 3 is 2.69 bits per heavy atom. The van der Waals surface area contributed by atoms with E-state index in [9.17, 15) is 15.0 Å². The van der Waals surface area contributed by atoms with E-state index in [2.05, 4.69) is 0 Å². The summed E-state index contributed by atoms with van der Waals surface area (Å²) < 4.78 is 0. The number of aliphatic hydroxyl groups is 2. The monoisotopic (exact) mass is 226 g/mol. The molecule has 3 nitrogen and oxygen atoms in total. The van der Waals surface area contributed by atoms with Gasteiger partial charge in [0.05, 0.1) is 12.7 Å². The smallest absolute Gasteiger partial charge is 0.130 e. The van der Waals surface area contributed by atoms with Crippen molar-refractivity contribution in [2.24, 2.45) is 5.41 Å². The molecule has 1 aliphatic carbocycles. The van der Waals surface area contributed by atoms with E-state index in [0.29, 0.717) is 25.7 Å². The second kappa shape index (κ2) is 5.11. The van der Waals surface area contributed by atoms with Crippen molar-refractivity contribution >= 4 is 5.78 Å². The van der Waals surface area contributed by atoms with Crippen LogP contribution in [0.2, 0.25) is 0 Å². The fraction of sp³-hybridized carbons (Fsp3) is 0.769. The number of Topliss-reactive ketones (excluding diaryl/α,β-unsaturated/α-hetero) is 1. The molecule has 1 rings (SSSR count). The summed E-state index contributed by atoms with van der Waals surface area (Å²) in [6.45, 7) is 5.58. The molecular weight excluding hydrogens is 204 g/mol. The molecule has 0 aromatic rings. The standard InChI is InChI=1S/C13H22O3/c1-9-6-11(16)7-13(3,8-14)12(9)5-4-10(2)15/h11,14,16H,4-8H2,1-3H3. The summed E-state index contributed by atoms with van der Waals surface area (Å²) in [5.41, 5.74) is 1.95. The SMILES string of the molecule is CC(=O)CCC1=C(C)CC(O)CC1(C)CO. The third-order valence-corrected chi connectivity index (χ3v) is 3.55. The van der Waals surface area contributed by atoms with Crippen LogP contribution in [-0.4, -0.2) is 28.7 Å². The van der Waals surface area contributed by atoms with E-state index in [1.165, 1.54) is 0 Å². The van der Waals surface area contributed by atoms with Crippen molar-refractivity contribution in [3.8, 4) is 0 Å². The lowest BCUT2D eigenvalue weighted by Gasteiger charge is -2.38. The Balaban J connectivity index is 2.89. The highest BCUT2D eigenvalue weighted by atomic mass is 16.3. The van der Waals surface area contributed by atoms with Gasteiger partial charge in [-0.2, -0.15) is 0 Å². The molecule has 3 heteroatoms. The van der Waals surface area contributed by atoms with Crippen LogP contribution in [-0.2, 0) is 4.79 Å². The van der Waals surface area contributed by atoms with Crippen LogP contribution in [0.1, 0.15) is 46.5 Å². The van der Waals surface area contributed by atoms with Crippen LogP contribution in [0.15, 0.2) is 11.1 Å². The van der Waals surface area contributed by atoms with Crippen molar-refractivity contribution in [3.63, 3.8) is 0 Å². The molecule has 0 heterocycles. The molecule has 0 aliphatic heterocycles. The van der Waals surface area contributed by atoms with Gasteiger partial charge in [0.2, 0.25) is 0 Å². The van der Waals surface area contributed by atoms with Gasteiger partial charge >= 0.3 is 0 Å². The van der Waals surface area contributed by atoms with Gasteiger partial charge in [-0.05, 0) is 33.1 Å².